The van der Waals surface area contributed by atoms with Gasteiger partial charge in [0.1, 0.15) is 5.69 Å². The van der Waals surface area contributed by atoms with E-state index >= 15 is 0 Å². The van der Waals surface area contributed by atoms with Crippen LogP contribution >= 0.6 is 0 Å². The van der Waals surface area contributed by atoms with Crippen LogP contribution in [0.5, 0.6) is 0 Å². The zero-order valence-corrected chi connectivity index (χ0v) is 15.8. The molecule has 2 saturated carbocycles. The lowest BCUT2D eigenvalue weighted by atomic mass is 10.2. The first-order valence-corrected chi connectivity index (χ1v) is 9.24. The normalized spacial score (nSPS) is 16.2. The Kier molecular flexibility index (Phi) is 5.76. The Morgan fingerprint density at radius 1 is 1.08 bits per heavy atom. The Morgan fingerprint density at radius 2 is 1.62 bits per heavy atom. The first kappa shape index (κ1) is 18.6. The molecule has 4 rings (SSSR count). The fourth-order valence-electron chi connectivity index (χ4n) is 2.98. The second-order valence-corrected chi connectivity index (χ2v) is 7.34. The lowest BCUT2D eigenvalue weighted by Crippen LogP contribution is -2.07. The lowest BCUT2D eigenvalue weighted by Gasteiger charge is -1.96. The van der Waals surface area contributed by atoms with Crippen molar-refractivity contribution in [2.24, 2.45) is 25.9 Å². The maximum atomic E-state index is 11.3. The number of aryl methyl sites for hydroxylation is 2. The Hall–Kier alpha value is -2.15. The van der Waals surface area contributed by atoms with Gasteiger partial charge in [-0.3, -0.25) is 9.36 Å². The van der Waals surface area contributed by atoms with Crippen LogP contribution in [-0.4, -0.2) is 37.7 Å². The van der Waals surface area contributed by atoms with E-state index in [2.05, 4.69) is 14.9 Å². The SMILES string of the molecule is COC(=O)c1cc(CC2CC2)nn1C.Cn1nc(CC2CC2)cc1CO. The first-order chi connectivity index (χ1) is 12.5. The van der Waals surface area contributed by atoms with Crippen LogP contribution < -0.4 is 0 Å². The molecule has 0 amide bonds. The highest BCUT2D eigenvalue weighted by Crippen LogP contribution is 2.32. The Bertz CT molecular complexity index is 757. The van der Waals surface area contributed by atoms with Crippen molar-refractivity contribution in [3.63, 3.8) is 0 Å². The van der Waals surface area contributed by atoms with Crippen molar-refractivity contribution in [1.82, 2.24) is 19.6 Å². The van der Waals surface area contributed by atoms with Crippen LogP contribution in [0.2, 0.25) is 0 Å². The molecule has 0 unspecified atom stereocenters. The number of hydrogen-bond donors (Lipinski definition) is 1. The zero-order chi connectivity index (χ0) is 18.7. The molecule has 2 aliphatic carbocycles. The molecule has 0 aliphatic heterocycles. The van der Waals surface area contributed by atoms with E-state index in [0.29, 0.717) is 5.69 Å². The molecule has 2 aliphatic rings. The maximum absolute atomic E-state index is 11.3. The molecule has 0 saturated heterocycles. The third-order valence-corrected chi connectivity index (χ3v) is 4.90. The summed E-state index contributed by atoms with van der Waals surface area (Å²) in [4.78, 5) is 11.3. The average Bonchev–Trinajstić information content (AvgIpc) is 3.53. The van der Waals surface area contributed by atoms with Crippen molar-refractivity contribution in [3.05, 3.63) is 34.9 Å². The highest BCUT2D eigenvalue weighted by Gasteiger charge is 2.24. The summed E-state index contributed by atoms with van der Waals surface area (Å²) in [6.07, 6.45) is 7.38. The second-order valence-electron chi connectivity index (χ2n) is 7.34. The molecule has 0 spiro atoms. The Balaban J connectivity index is 0.000000152. The fourth-order valence-corrected chi connectivity index (χ4v) is 2.98. The van der Waals surface area contributed by atoms with Crippen LogP contribution in [0.4, 0.5) is 0 Å². The van der Waals surface area contributed by atoms with Crippen molar-refractivity contribution < 1.29 is 14.6 Å². The number of ether oxygens (including phenoxy) is 1. The fraction of sp³-hybridized carbons (Fsp3) is 0.632. The molecular weight excluding hydrogens is 332 g/mol. The van der Waals surface area contributed by atoms with Gasteiger partial charge in [-0.1, -0.05) is 0 Å². The van der Waals surface area contributed by atoms with E-state index in [9.17, 15) is 4.79 Å². The number of nitrogens with zero attached hydrogens (tertiary/aromatic N) is 4. The number of aliphatic hydroxyl groups is 1. The quantitative estimate of drug-likeness (QED) is 0.797. The van der Waals surface area contributed by atoms with Crippen LogP contribution in [0, 0.1) is 11.8 Å². The number of hydrogen-bond acceptors (Lipinski definition) is 5. The minimum Gasteiger partial charge on any atom is -0.464 e. The molecule has 7 nitrogen and oxygen atoms in total. The highest BCUT2D eigenvalue weighted by atomic mass is 16.5. The van der Waals surface area contributed by atoms with E-state index in [1.165, 1.54) is 32.8 Å². The summed E-state index contributed by atoms with van der Waals surface area (Å²) in [7, 11) is 5.03. The minimum absolute atomic E-state index is 0.0914. The maximum Gasteiger partial charge on any atom is 0.356 e. The number of esters is 1. The second kappa shape index (κ2) is 8.03. The van der Waals surface area contributed by atoms with E-state index < -0.39 is 0 Å². The van der Waals surface area contributed by atoms with Gasteiger partial charge in [0.2, 0.25) is 0 Å². The molecule has 2 heterocycles. The molecule has 1 N–H and O–H groups in total. The van der Waals surface area contributed by atoms with Crippen molar-refractivity contribution in [1.29, 1.82) is 0 Å². The molecule has 7 heteroatoms. The van der Waals surface area contributed by atoms with Crippen molar-refractivity contribution in [3.8, 4) is 0 Å². The minimum atomic E-state index is -0.318. The zero-order valence-electron chi connectivity index (χ0n) is 15.8. The third kappa shape index (κ3) is 4.94. The number of carbonyl (C=O) groups is 1. The van der Waals surface area contributed by atoms with Crippen molar-refractivity contribution in [2.75, 3.05) is 7.11 Å². The van der Waals surface area contributed by atoms with Gasteiger partial charge in [0.25, 0.3) is 0 Å². The van der Waals surface area contributed by atoms with Crippen LogP contribution in [0.1, 0.15) is 53.3 Å². The molecule has 0 radical (unpaired) electrons. The van der Waals surface area contributed by atoms with Gasteiger partial charge < -0.3 is 9.84 Å². The molecule has 0 aromatic carbocycles. The molecule has 142 valence electrons. The molecule has 2 aromatic rings. The van der Waals surface area contributed by atoms with Crippen LogP contribution in [0.25, 0.3) is 0 Å². The predicted octanol–water partition coefficient (Wildman–Crippen LogP) is 2.02. The Labute approximate surface area is 154 Å². The summed E-state index contributed by atoms with van der Waals surface area (Å²) in [5.41, 5.74) is 3.56. The molecule has 2 aromatic heterocycles. The summed E-state index contributed by atoms with van der Waals surface area (Å²) in [6.45, 7) is 0.0914. The smallest absolute Gasteiger partial charge is 0.356 e. The van der Waals surface area contributed by atoms with E-state index in [1.807, 2.05) is 19.2 Å². The van der Waals surface area contributed by atoms with Gasteiger partial charge in [-0.25, -0.2) is 4.79 Å². The standard InChI is InChI=1S/C10H14N2O2.C9H14N2O/c1-12-9(10(13)14-2)6-8(11-12)5-7-3-4-7;1-11-9(6-12)5-8(10-11)4-7-2-3-7/h6-7H,3-5H2,1-2H3;5,7,12H,2-4,6H2,1H3. The van der Waals surface area contributed by atoms with Gasteiger partial charge in [-0.15, -0.1) is 0 Å². The Morgan fingerprint density at radius 3 is 2.08 bits per heavy atom. The van der Waals surface area contributed by atoms with E-state index in [0.717, 1.165) is 41.8 Å². The topological polar surface area (TPSA) is 82.2 Å². The summed E-state index contributed by atoms with van der Waals surface area (Å²) in [5, 5.41) is 17.5. The van der Waals surface area contributed by atoms with E-state index in [-0.39, 0.29) is 12.6 Å². The van der Waals surface area contributed by atoms with Gasteiger partial charge in [0.05, 0.1) is 30.8 Å². The van der Waals surface area contributed by atoms with Crippen LogP contribution in [0.3, 0.4) is 0 Å². The number of rotatable bonds is 6. The lowest BCUT2D eigenvalue weighted by molar-refractivity contribution is 0.0588. The molecule has 0 atom stereocenters. The number of aliphatic hydroxyl groups excluding tert-OH is 1. The van der Waals surface area contributed by atoms with E-state index in [4.69, 9.17) is 5.11 Å². The molecule has 0 bridgehead atoms. The summed E-state index contributed by atoms with van der Waals surface area (Å²) >= 11 is 0. The number of carbonyl (C=O) groups excluding carboxylic acids is 1. The number of methoxy groups -OCH3 is 1. The molecular formula is C19H28N4O3. The van der Waals surface area contributed by atoms with Gasteiger partial charge in [0.15, 0.2) is 0 Å². The van der Waals surface area contributed by atoms with Gasteiger partial charge in [0, 0.05) is 14.1 Å². The summed E-state index contributed by atoms with van der Waals surface area (Å²) < 4.78 is 8.00. The monoisotopic (exact) mass is 360 g/mol. The first-order valence-electron chi connectivity index (χ1n) is 9.24. The van der Waals surface area contributed by atoms with Crippen molar-refractivity contribution in [2.45, 2.75) is 45.1 Å². The third-order valence-electron chi connectivity index (χ3n) is 4.90. The molecule has 26 heavy (non-hydrogen) atoms. The average molecular weight is 360 g/mol. The van der Waals surface area contributed by atoms with Crippen molar-refractivity contribution >= 4 is 5.97 Å². The largest absolute Gasteiger partial charge is 0.464 e. The van der Waals surface area contributed by atoms with Gasteiger partial charge in [-0.2, -0.15) is 10.2 Å². The van der Waals surface area contributed by atoms with Crippen LogP contribution in [-0.2, 0) is 38.3 Å². The highest BCUT2D eigenvalue weighted by molar-refractivity contribution is 5.87. The van der Waals surface area contributed by atoms with E-state index in [1.54, 1.807) is 16.4 Å². The number of aromatic nitrogens is 4. The van der Waals surface area contributed by atoms with Crippen LogP contribution in [0.15, 0.2) is 12.1 Å². The summed E-state index contributed by atoms with van der Waals surface area (Å²) in [5.74, 6) is 1.34. The van der Waals surface area contributed by atoms with Gasteiger partial charge in [-0.05, 0) is 62.5 Å². The predicted molar refractivity (Wildman–Crippen MR) is 96.5 cm³/mol. The molecule has 2 fully saturated rings. The van der Waals surface area contributed by atoms with Gasteiger partial charge >= 0.3 is 5.97 Å². The summed E-state index contributed by atoms with van der Waals surface area (Å²) in [6, 6.07) is 3.82.